The molecule has 0 aliphatic carbocycles. The molecule has 2 aromatic rings. The Hall–Kier alpha value is -2.82. The van der Waals surface area contributed by atoms with E-state index in [0.29, 0.717) is 13.6 Å². The van der Waals surface area contributed by atoms with Crippen LogP contribution in [-0.2, 0) is 6.42 Å². The van der Waals surface area contributed by atoms with Gasteiger partial charge in [-0.15, -0.1) is 0 Å². The third-order valence-electron chi connectivity index (χ3n) is 5.19. The molecule has 5 heteroatoms. The van der Waals surface area contributed by atoms with E-state index in [1.54, 1.807) is 0 Å². The molecule has 0 radical (unpaired) electrons. The summed E-state index contributed by atoms with van der Waals surface area (Å²) < 4.78 is 22.3. The SMILES string of the molecule is C1=c2ccc3c(c2=CN2CCc4cc5c(cc4C12)OCO5)OCO3. The lowest BCUT2D eigenvalue weighted by Gasteiger charge is -2.36. The number of hydrogen-bond donors (Lipinski definition) is 0. The molecule has 1 atom stereocenters. The molecule has 0 saturated carbocycles. The van der Waals surface area contributed by atoms with Gasteiger partial charge in [0, 0.05) is 18.0 Å². The summed E-state index contributed by atoms with van der Waals surface area (Å²) in [4.78, 5) is 2.37. The Morgan fingerprint density at radius 1 is 0.917 bits per heavy atom. The van der Waals surface area contributed by atoms with Crippen LogP contribution in [0, 0.1) is 0 Å². The van der Waals surface area contributed by atoms with Gasteiger partial charge >= 0.3 is 0 Å². The van der Waals surface area contributed by atoms with Crippen molar-refractivity contribution in [3.05, 3.63) is 45.8 Å². The Labute approximate surface area is 138 Å². The van der Waals surface area contributed by atoms with E-state index in [4.69, 9.17) is 18.9 Å². The minimum absolute atomic E-state index is 0.219. The number of hydrogen-bond acceptors (Lipinski definition) is 5. The van der Waals surface area contributed by atoms with Gasteiger partial charge in [0.2, 0.25) is 13.6 Å². The fraction of sp³-hybridized carbons (Fsp3) is 0.263. The Morgan fingerprint density at radius 2 is 1.75 bits per heavy atom. The number of fused-ring (bicyclic) bond motifs is 7. The highest BCUT2D eigenvalue weighted by atomic mass is 16.7. The first-order chi connectivity index (χ1) is 11.9. The molecule has 4 aliphatic heterocycles. The summed E-state index contributed by atoms with van der Waals surface area (Å²) >= 11 is 0. The van der Waals surface area contributed by atoms with Gasteiger partial charge in [-0.1, -0.05) is 6.07 Å². The monoisotopic (exact) mass is 321 g/mol. The summed E-state index contributed by atoms with van der Waals surface area (Å²) in [6, 6.07) is 8.59. The van der Waals surface area contributed by atoms with Crippen molar-refractivity contribution in [2.75, 3.05) is 20.1 Å². The highest BCUT2D eigenvalue weighted by Crippen LogP contribution is 2.41. The Kier molecular flexibility index (Phi) is 2.30. The van der Waals surface area contributed by atoms with Crippen LogP contribution in [0.2, 0.25) is 0 Å². The van der Waals surface area contributed by atoms with Gasteiger partial charge in [0.15, 0.2) is 23.0 Å². The molecular weight excluding hydrogens is 306 g/mol. The van der Waals surface area contributed by atoms with Crippen LogP contribution in [0.4, 0.5) is 0 Å². The minimum Gasteiger partial charge on any atom is -0.454 e. The average molecular weight is 321 g/mol. The molecular formula is C19H15NO4. The van der Waals surface area contributed by atoms with Crippen molar-refractivity contribution in [3.63, 3.8) is 0 Å². The predicted octanol–water partition coefficient (Wildman–Crippen LogP) is 1.28. The van der Waals surface area contributed by atoms with Crippen LogP contribution in [0.5, 0.6) is 23.0 Å². The fourth-order valence-electron chi connectivity index (χ4n) is 4.01. The molecule has 0 amide bonds. The molecule has 2 aromatic carbocycles. The first-order valence-corrected chi connectivity index (χ1v) is 8.17. The van der Waals surface area contributed by atoms with Crippen molar-refractivity contribution in [2.24, 2.45) is 0 Å². The quantitative estimate of drug-likeness (QED) is 0.731. The van der Waals surface area contributed by atoms with Crippen molar-refractivity contribution in [2.45, 2.75) is 12.5 Å². The standard InChI is InChI=1S/C19H15NO4/c1-2-16-19(24-10-21-16)14-8-20-4-3-12-6-17-18(23-9-22-17)7-13(12)15(20)5-11(1)14/h1-2,5-8,15H,3-4,9-10H2. The van der Waals surface area contributed by atoms with E-state index in [1.807, 2.05) is 6.07 Å². The lowest BCUT2D eigenvalue weighted by molar-refractivity contribution is 0.173. The molecule has 0 aromatic heterocycles. The summed E-state index contributed by atoms with van der Waals surface area (Å²) in [7, 11) is 0. The molecule has 4 aliphatic rings. The maximum absolute atomic E-state index is 5.67. The van der Waals surface area contributed by atoms with Crippen LogP contribution in [0.3, 0.4) is 0 Å². The van der Waals surface area contributed by atoms with E-state index in [2.05, 4.69) is 35.4 Å². The predicted molar refractivity (Wildman–Crippen MR) is 86.5 cm³/mol. The third kappa shape index (κ3) is 1.59. The maximum Gasteiger partial charge on any atom is 0.231 e. The lowest BCUT2D eigenvalue weighted by Crippen LogP contribution is -2.40. The van der Waals surface area contributed by atoms with E-state index in [9.17, 15) is 0 Å². The highest BCUT2D eigenvalue weighted by molar-refractivity contribution is 5.59. The van der Waals surface area contributed by atoms with Crippen molar-refractivity contribution in [1.29, 1.82) is 0 Å². The van der Waals surface area contributed by atoms with Gasteiger partial charge in [0.1, 0.15) is 0 Å². The van der Waals surface area contributed by atoms with Crippen LogP contribution >= 0.6 is 0 Å². The Balaban J connectivity index is 1.55. The minimum atomic E-state index is 0.219. The van der Waals surface area contributed by atoms with Gasteiger partial charge in [0.05, 0.1) is 6.04 Å². The molecule has 0 bridgehead atoms. The zero-order valence-electron chi connectivity index (χ0n) is 13.0. The smallest absolute Gasteiger partial charge is 0.231 e. The molecule has 120 valence electrons. The van der Waals surface area contributed by atoms with E-state index < -0.39 is 0 Å². The van der Waals surface area contributed by atoms with E-state index >= 15 is 0 Å². The molecule has 0 saturated heterocycles. The zero-order chi connectivity index (χ0) is 15.7. The summed E-state index contributed by atoms with van der Waals surface area (Å²) in [5.41, 5.74) is 2.64. The van der Waals surface area contributed by atoms with Crippen LogP contribution < -0.4 is 29.4 Å². The molecule has 6 rings (SSSR count). The molecule has 4 heterocycles. The van der Waals surface area contributed by atoms with Gasteiger partial charge in [-0.2, -0.15) is 0 Å². The number of rotatable bonds is 0. The first-order valence-electron chi connectivity index (χ1n) is 8.17. The molecule has 24 heavy (non-hydrogen) atoms. The van der Waals surface area contributed by atoms with Crippen molar-refractivity contribution < 1.29 is 18.9 Å². The average Bonchev–Trinajstić information content (AvgIpc) is 3.26. The third-order valence-corrected chi connectivity index (χ3v) is 5.19. The van der Waals surface area contributed by atoms with Gasteiger partial charge in [-0.3, -0.25) is 0 Å². The Bertz CT molecular complexity index is 997. The fourth-order valence-corrected chi connectivity index (χ4v) is 4.01. The van der Waals surface area contributed by atoms with Crippen LogP contribution in [-0.4, -0.2) is 25.0 Å². The first kappa shape index (κ1) is 12.6. The number of ether oxygens (including phenoxy) is 4. The van der Waals surface area contributed by atoms with Gasteiger partial charge < -0.3 is 23.8 Å². The summed E-state index contributed by atoms with van der Waals surface area (Å²) in [6.45, 7) is 1.59. The van der Waals surface area contributed by atoms with E-state index in [0.717, 1.165) is 41.2 Å². The second kappa shape index (κ2) is 4.38. The zero-order valence-corrected chi connectivity index (χ0v) is 13.0. The van der Waals surface area contributed by atoms with Gasteiger partial charge in [0.25, 0.3) is 0 Å². The highest BCUT2D eigenvalue weighted by Gasteiger charge is 2.30. The second-order valence-electron chi connectivity index (χ2n) is 6.43. The topological polar surface area (TPSA) is 40.2 Å². The largest absolute Gasteiger partial charge is 0.454 e. The van der Waals surface area contributed by atoms with Gasteiger partial charge in [-0.05, 0) is 47.0 Å². The molecule has 1 unspecified atom stereocenters. The Morgan fingerprint density at radius 3 is 2.71 bits per heavy atom. The lowest BCUT2D eigenvalue weighted by atomic mass is 9.90. The summed E-state index contributed by atoms with van der Waals surface area (Å²) in [5.74, 6) is 3.41. The molecule has 0 N–H and O–H groups in total. The van der Waals surface area contributed by atoms with Gasteiger partial charge in [-0.25, -0.2) is 0 Å². The normalized spacial score (nSPS) is 21.3. The van der Waals surface area contributed by atoms with Crippen molar-refractivity contribution >= 4 is 12.3 Å². The second-order valence-corrected chi connectivity index (χ2v) is 6.43. The molecule has 5 nitrogen and oxygen atoms in total. The van der Waals surface area contributed by atoms with Crippen LogP contribution in [0.25, 0.3) is 12.3 Å². The van der Waals surface area contributed by atoms with Crippen LogP contribution in [0.1, 0.15) is 17.2 Å². The molecule has 0 spiro atoms. The van der Waals surface area contributed by atoms with Crippen molar-refractivity contribution in [3.8, 4) is 23.0 Å². The molecule has 0 fully saturated rings. The van der Waals surface area contributed by atoms with E-state index in [1.165, 1.54) is 16.3 Å². The van der Waals surface area contributed by atoms with Crippen LogP contribution in [0.15, 0.2) is 24.3 Å². The number of nitrogens with zero attached hydrogens (tertiary/aromatic N) is 1. The number of benzene rings is 2. The summed E-state index contributed by atoms with van der Waals surface area (Å²) in [6.07, 6.45) is 5.51. The van der Waals surface area contributed by atoms with E-state index in [-0.39, 0.29) is 6.04 Å². The maximum atomic E-state index is 5.67. The van der Waals surface area contributed by atoms with Crippen molar-refractivity contribution in [1.82, 2.24) is 4.90 Å². The summed E-state index contributed by atoms with van der Waals surface area (Å²) in [5, 5.41) is 2.30.